The van der Waals surface area contributed by atoms with Crippen LogP contribution in [0, 0.1) is 5.41 Å². The number of amides is 1. The smallest absolute Gasteiger partial charge is 0.319 e. The zero-order chi connectivity index (χ0) is 11.1. The number of aliphatic carboxylic acids is 1. The molecule has 1 aliphatic carbocycles. The van der Waals surface area contributed by atoms with E-state index >= 15 is 0 Å². The predicted octanol–water partition coefficient (Wildman–Crippen LogP) is 0.937. The maximum absolute atomic E-state index is 12.9. The van der Waals surface area contributed by atoms with Crippen LogP contribution in [0.4, 0.5) is 4.39 Å². The Kier molecular flexibility index (Phi) is 2.25. The maximum atomic E-state index is 12.9. The molecule has 0 aromatic heterocycles. The van der Waals surface area contributed by atoms with Gasteiger partial charge in [-0.05, 0) is 25.3 Å². The van der Waals surface area contributed by atoms with Gasteiger partial charge in [-0.15, -0.1) is 0 Å². The van der Waals surface area contributed by atoms with Crippen molar-refractivity contribution in [3.63, 3.8) is 0 Å². The summed E-state index contributed by atoms with van der Waals surface area (Å²) in [7, 11) is 0. The van der Waals surface area contributed by atoms with Gasteiger partial charge in [-0.3, -0.25) is 9.59 Å². The van der Waals surface area contributed by atoms with Gasteiger partial charge < -0.3 is 10.0 Å². The summed E-state index contributed by atoms with van der Waals surface area (Å²) in [6.45, 7) is 0.342. The van der Waals surface area contributed by atoms with Crippen LogP contribution in [-0.4, -0.2) is 35.0 Å². The van der Waals surface area contributed by atoms with Gasteiger partial charge in [0, 0.05) is 6.54 Å². The molecule has 82 valence electrons. The van der Waals surface area contributed by atoms with Gasteiger partial charge in [0.05, 0.1) is 6.54 Å². The molecule has 1 N–H and O–H groups in total. The topological polar surface area (TPSA) is 57.6 Å². The van der Waals surface area contributed by atoms with Gasteiger partial charge in [0.25, 0.3) is 0 Å². The summed E-state index contributed by atoms with van der Waals surface area (Å²) in [4.78, 5) is 24.0. The molecule has 15 heavy (non-hydrogen) atoms. The molecule has 1 heterocycles. The van der Waals surface area contributed by atoms with Crippen molar-refractivity contribution < 1.29 is 19.1 Å². The number of carbonyl (C=O) groups is 2. The fraction of sp³-hybridized carbons (Fsp3) is 0.600. The lowest BCUT2D eigenvalue weighted by Crippen LogP contribution is -2.43. The monoisotopic (exact) mass is 213 g/mol. The van der Waals surface area contributed by atoms with Gasteiger partial charge in [-0.25, -0.2) is 4.39 Å². The molecule has 0 atom stereocenters. The Morgan fingerprint density at radius 2 is 2.13 bits per heavy atom. The fourth-order valence-electron chi connectivity index (χ4n) is 1.82. The molecule has 1 aliphatic heterocycles. The van der Waals surface area contributed by atoms with Gasteiger partial charge >= 0.3 is 5.97 Å². The first-order valence-electron chi connectivity index (χ1n) is 4.93. The van der Waals surface area contributed by atoms with Crippen LogP contribution in [0.1, 0.15) is 19.3 Å². The largest absolute Gasteiger partial charge is 0.480 e. The van der Waals surface area contributed by atoms with Crippen molar-refractivity contribution in [2.24, 2.45) is 5.41 Å². The van der Waals surface area contributed by atoms with Crippen molar-refractivity contribution in [2.45, 2.75) is 19.3 Å². The third kappa shape index (κ3) is 1.62. The lowest BCUT2D eigenvalue weighted by atomic mass is 10.0. The molecule has 0 unspecified atom stereocenters. The molecule has 5 heteroatoms. The molecule has 1 amide bonds. The molecule has 0 radical (unpaired) electrons. The third-order valence-electron chi connectivity index (χ3n) is 2.96. The summed E-state index contributed by atoms with van der Waals surface area (Å²) in [5.74, 6) is -1.86. The van der Waals surface area contributed by atoms with Gasteiger partial charge in [-0.1, -0.05) is 0 Å². The van der Waals surface area contributed by atoms with Crippen LogP contribution in [0.3, 0.4) is 0 Å². The van der Waals surface area contributed by atoms with E-state index in [4.69, 9.17) is 5.11 Å². The Hall–Kier alpha value is -1.39. The quantitative estimate of drug-likeness (QED) is 0.694. The predicted molar refractivity (Wildman–Crippen MR) is 49.7 cm³/mol. The van der Waals surface area contributed by atoms with Crippen LogP contribution in [-0.2, 0) is 9.59 Å². The Morgan fingerprint density at radius 1 is 1.47 bits per heavy atom. The standard InChI is InChI=1S/C10H12FNO3/c11-7-2-1-5-12(6-7)8(13)10(3-4-10)9(14)15/h2H,1,3-6H2,(H,14,15). The minimum atomic E-state index is -1.24. The van der Waals surface area contributed by atoms with Crippen molar-refractivity contribution in [3.8, 4) is 0 Å². The Morgan fingerprint density at radius 3 is 2.60 bits per heavy atom. The summed E-state index contributed by atoms with van der Waals surface area (Å²) in [5, 5.41) is 8.91. The number of hydrogen-bond acceptors (Lipinski definition) is 2. The average molecular weight is 213 g/mol. The van der Waals surface area contributed by atoms with Crippen molar-refractivity contribution in [3.05, 3.63) is 11.9 Å². The molecule has 4 nitrogen and oxygen atoms in total. The second kappa shape index (κ2) is 3.32. The number of carboxylic acids is 1. The van der Waals surface area contributed by atoms with E-state index in [0.717, 1.165) is 0 Å². The van der Waals surface area contributed by atoms with Crippen molar-refractivity contribution in [1.29, 1.82) is 0 Å². The van der Waals surface area contributed by atoms with E-state index in [2.05, 4.69) is 0 Å². The van der Waals surface area contributed by atoms with Gasteiger partial charge in [0.15, 0.2) is 0 Å². The number of hydrogen-bond donors (Lipinski definition) is 1. The SMILES string of the molecule is O=C(O)C1(C(=O)N2CCC=C(F)C2)CC1. The minimum Gasteiger partial charge on any atom is -0.480 e. The minimum absolute atomic E-state index is 0.0755. The summed E-state index contributed by atoms with van der Waals surface area (Å²) in [5.41, 5.74) is -1.24. The zero-order valence-corrected chi connectivity index (χ0v) is 8.20. The first-order valence-corrected chi connectivity index (χ1v) is 4.93. The summed E-state index contributed by atoms with van der Waals surface area (Å²) in [6.07, 6.45) is 2.66. The first kappa shape index (κ1) is 10.1. The van der Waals surface area contributed by atoms with Gasteiger partial charge in [-0.2, -0.15) is 0 Å². The molecular weight excluding hydrogens is 201 g/mol. The van der Waals surface area contributed by atoms with E-state index in [0.29, 0.717) is 25.8 Å². The van der Waals surface area contributed by atoms with Crippen molar-refractivity contribution in [2.75, 3.05) is 13.1 Å². The molecule has 0 aromatic rings. The number of carboxylic acid groups (broad SMARTS) is 1. The molecule has 0 saturated heterocycles. The highest BCUT2D eigenvalue weighted by Gasteiger charge is 2.58. The molecule has 2 aliphatic rings. The van der Waals surface area contributed by atoms with E-state index in [9.17, 15) is 14.0 Å². The molecular formula is C10H12FNO3. The van der Waals surface area contributed by atoms with E-state index < -0.39 is 17.3 Å². The number of halogens is 1. The first-order chi connectivity index (χ1) is 7.06. The normalized spacial score (nSPS) is 23.3. The molecule has 2 rings (SSSR count). The summed E-state index contributed by atoms with van der Waals surface area (Å²) in [6, 6.07) is 0. The Bertz CT molecular complexity index is 347. The number of rotatable bonds is 2. The van der Waals surface area contributed by atoms with Crippen LogP contribution in [0.2, 0.25) is 0 Å². The van der Waals surface area contributed by atoms with Crippen LogP contribution in [0.25, 0.3) is 0 Å². The lowest BCUT2D eigenvalue weighted by molar-refractivity contribution is -0.153. The summed E-state index contributed by atoms with van der Waals surface area (Å²) >= 11 is 0. The van der Waals surface area contributed by atoms with Crippen LogP contribution in [0.5, 0.6) is 0 Å². The van der Waals surface area contributed by atoms with E-state index in [-0.39, 0.29) is 12.4 Å². The molecule has 0 spiro atoms. The molecule has 0 bridgehead atoms. The zero-order valence-electron chi connectivity index (χ0n) is 8.20. The highest BCUT2D eigenvalue weighted by atomic mass is 19.1. The maximum Gasteiger partial charge on any atom is 0.319 e. The molecule has 0 aromatic carbocycles. The average Bonchev–Trinajstić information content (AvgIpc) is 2.97. The Labute approximate surface area is 86.4 Å². The third-order valence-corrected chi connectivity index (χ3v) is 2.96. The number of nitrogens with zero attached hydrogens (tertiary/aromatic N) is 1. The second-order valence-corrected chi connectivity index (χ2v) is 4.05. The fourth-order valence-corrected chi connectivity index (χ4v) is 1.82. The Balaban J connectivity index is 2.09. The van der Waals surface area contributed by atoms with Gasteiger partial charge in [0.2, 0.25) is 5.91 Å². The van der Waals surface area contributed by atoms with E-state index in [1.807, 2.05) is 0 Å². The molecule has 1 fully saturated rings. The van der Waals surface area contributed by atoms with Crippen molar-refractivity contribution in [1.82, 2.24) is 4.90 Å². The highest BCUT2D eigenvalue weighted by Crippen LogP contribution is 2.47. The summed E-state index contributed by atoms with van der Waals surface area (Å²) < 4.78 is 12.9. The lowest BCUT2D eigenvalue weighted by Gasteiger charge is -2.27. The van der Waals surface area contributed by atoms with E-state index in [1.54, 1.807) is 0 Å². The van der Waals surface area contributed by atoms with Crippen LogP contribution >= 0.6 is 0 Å². The second-order valence-electron chi connectivity index (χ2n) is 4.05. The number of carbonyl (C=O) groups excluding carboxylic acids is 1. The van der Waals surface area contributed by atoms with Crippen LogP contribution in [0.15, 0.2) is 11.9 Å². The van der Waals surface area contributed by atoms with Crippen molar-refractivity contribution >= 4 is 11.9 Å². The highest BCUT2D eigenvalue weighted by molar-refractivity contribution is 6.04. The van der Waals surface area contributed by atoms with E-state index in [1.165, 1.54) is 11.0 Å². The molecule has 1 saturated carbocycles. The van der Waals surface area contributed by atoms with Gasteiger partial charge in [0.1, 0.15) is 11.2 Å². The van der Waals surface area contributed by atoms with Crippen LogP contribution < -0.4 is 0 Å².